The van der Waals surface area contributed by atoms with Crippen molar-refractivity contribution < 1.29 is 4.57 Å². The maximum Gasteiger partial charge on any atom is 0.191 e. The largest absolute Gasteiger partial charge is 0.204 e. The summed E-state index contributed by atoms with van der Waals surface area (Å²) in [6.45, 7) is 4.48. The van der Waals surface area contributed by atoms with E-state index in [1.54, 1.807) is 0 Å². The molecule has 82 valence electrons. The third kappa shape index (κ3) is 1.99. The Hall–Kier alpha value is -1.63. The maximum absolute atomic E-state index is 2.24. The van der Waals surface area contributed by atoms with Gasteiger partial charge in [-0.2, -0.15) is 0 Å². The lowest BCUT2D eigenvalue weighted by Crippen LogP contribution is -2.34. The fraction of sp³-hybridized carbons (Fsp3) is 0.267. The van der Waals surface area contributed by atoms with Crippen molar-refractivity contribution in [3.8, 4) is 11.1 Å². The van der Waals surface area contributed by atoms with Crippen molar-refractivity contribution in [3.63, 3.8) is 0 Å². The predicted octanol–water partition coefficient (Wildman–Crippen LogP) is 3.30. The summed E-state index contributed by atoms with van der Waals surface area (Å²) in [7, 11) is 2.11. The van der Waals surface area contributed by atoms with Crippen molar-refractivity contribution in [1.29, 1.82) is 0 Å². The van der Waals surface area contributed by atoms with Gasteiger partial charge in [-0.1, -0.05) is 44.2 Å². The molecule has 0 aliphatic carbocycles. The molecule has 1 heteroatoms. The number of aromatic nitrogens is 1. The predicted molar refractivity (Wildman–Crippen MR) is 67.1 cm³/mol. The van der Waals surface area contributed by atoms with Gasteiger partial charge in [-0.15, -0.1) is 0 Å². The Morgan fingerprint density at radius 3 is 2.25 bits per heavy atom. The van der Waals surface area contributed by atoms with Crippen LogP contribution in [-0.2, 0) is 7.05 Å². The highest BCUT2D eigenvalue weighted by Gasteiger charge is 2.17. The van der Waals surface area contributed by atoms with E-state index in [1.807, 2.05) is 0 Å². The molecule has 0 unspecified atom stereocenters. The van der Waals surface area contributed by atoms with E-state index in [0.717, 1.165) is 0 Å². The van der Waals surface area contributed by atoms with E-state index >= 15 is 0 Å². The first kappa shape index (κ1) is 10.9. The van der Waals surface area contributed by atoms with Gasteiger partial charge in [-0.05, 0) is 11.6 Å². The number of pyridine rings is 1. The molecule has 0 aliphatic heterocycles. The molecule has 2 aromatic rings. The van der Waals surface area contributed by atoms with Crippen LogP contribution in [-0.4, -0.2) is 0 Å². The van der Waals surface area contributed by atoms with Crippen LogP contribution >= 0.6 is 0 Å². The van der Waals surface area contributed by atoms with Gasteiger partial charge < -0.3 is 0 Å². The first-order chi connectivity index (χ1) is 7.70. The third-order valence-corrected chi connectivity index (χ3v) is 2.86. The van der Waals surface area contributed by atoms with Crippen LogP contribution in [0, 0.1) is 0 Å². The number of hydrogen-bond donors (Lipinski definition) is 0. The Balaban J connectivity index is 2.61. The second-order valence-corrected chi connectivity index (χ2v) is 4.44. The molecule has 0 N–H and O–H groups in total. The maximum atomic E-state index is 2.24. The molecule has 0 aliphatic rings. The number of benzene rings is 1. The molecule has 1 aromatic carbocycles. The van der Waals surface area contributed by atoms with Crippen LogP contribution in [0.15, 0.2) is 48.7 Å². The lowest BCUT2D eigenvalue weighted by atomic mass is 9.97. The molecular weight excluding hydrogens is 194 g/mol. The number of hydrogen-bond acceptors (Lipinski definition) is 0. The van der Waals surface area contributed by atoms with Gasteiger partial charge in [0.15, 0.2) is 11.9 Å². The van der Waals surface area contributed by atoms with E-state index in [-0.39, 0.29) is 0 Å². The smallest absolute Gasteiger partial charge is 0.191 e. The molecule has 0 fully saturated rings. The van der Waals surface area contributed by atoms with Gasteiger partial charge >= 0.3 is 0 Å². The van der Waals surface area contributed by atoms with Gasteiger partial charge in [0.2, 0.25) is 0 Å². The van der Waals surface area contributed by atoms with Crippen molar-refractivity contribution in [2.75, 3.05) is 0 Å². The molecule has 0 radical (unpaired) electrons. The summed E-state index contributed by atoms with van der Waals surface area (Å²) in [5, 5.41) is 0. The van der Waals surface area contributed by atoms with Crippen LogP contribution < -0.4 is 4.57 Å². The van der Waals surface area contributed by atoms with E-state index in [2.05, 4.69) is 74.1 Å². The fourth-order valence-corrected chi connectivity index (χ4v) is 2.20. The molecule has 1 heterocycles. The van der Waals surface area contributed by atoms with Gasteiger partial charge in [0.25, 0.3) is 0 Å². The molecule has 0 spiro atoms. The zero-order chi connectivity index (χ0) is 11.5. The average molecular weight is 212 g/mol. The lowest BCUT2D eigenvalue weighted by molar-refractivity contribution is -0.679. The molecule has 2 rings (SSSR count). The molecule has 0 saturated carbocycles. The standard InChI is InChI=1S/C15H18N/c1-12(2)15-14(10-7-11-16(15)3)13-8-5-4-6-9-13/h4-12H,1-3H3/q+1. The Morgan fingerprint density at radius 1 is 0.938 bits per heavy atom. The van der Waals surface area contributed by atoms with Crippen LogP contribution in [0.1, 0.15) is 25.5 Å². The minimum Gasteiger partial charge on any atom is -0.204 e. The van der Waals surface area contributed by atoms with E-state index < -0.39 is 0 Å². The molecule has 0 atom stereocenters. The Bertz CT molecular complexity index is 472. The Morgan fingerprint density at radius 2 is 1.62 bits per heavy atom. The van der Waals surface area contributed by atoms with Crippen LogP contribution in [0.4, 0.5) is 0 Å². The molecule has 0 amide bonds. The summed E-state index contributed by atoms with van der Waals surface area (Å²) in [6.07, 6.45) is 2.11. The highest BCUT2D eigenvalue weighted by molar-refractivity contribution is 5.65. The normalized spacial score (nSPS) is 10.8. The molecule has 0 saturated heterocycles. The minimum atomic E-state index is 0.529. The highest BCUT2D eigenvalue weighted by atomic mass is 14.9. The quantitative estimate of drug-likeness (QED) is 0.672. The zero-order valence-electron chi connectivity index (χ0n) is 10.1. The van der Waals surface area contributed by atoms with E-state index in [9.17, 15) is 0 Å². The molecule has 16 heavy (non-hydrogen) atoms. The molecule has 1 nitrogen and oxygen atoms in total. The lowest BCUT2D eigenvalue weighted by Gasteiger charge is -2.09. The molecule has 1 aromatic heterocycles. The number of rotatable bonds is 2. The average Bonchev–Trinajstić information content (AvgIpc) is 2.29. The van der Waals surface area contributed by atoms with E-state index in [0.29, 0.717) is 5.92 Å². The van der Waals surface area contributed by atoms with Gasteiger partial charge in [0, 0.05) is 17.5 Å². The SMILES string of the molecule is CC(C)c1c(-c2ccccc2)ccc[n+]1C. The van der Waals surface area contributed by atoms with Gasteiger partial charge in [0.05, 0.1) is 0 Å². The topological polar surface area (TPSA) is 3.88 Å². The summed E-state index contributed by atoms with van der Waals surface area (Å²) in [4.78, 5) is 0. The summed E-state index contributed by atoms with van der Waals surface area (Å²) in [6, 6.07) is 14.9. The summed E-state index contributed by atoms with van der Waals surface area (Å²) in [5.74, 6) is 0.529. The number of aryl methyl sites for hydroxylation is 1. The first-order valence-corrected chi connectivity index (χ1v) is 5.74. The van der Waals surface area contributed by atoms with Crippen molar-refractivity contribution in [3.05, 3.63) is 54.4 Å². The first-order valence-electron chi connectivity index (χ1n) is 5.74. The van der Waals surface area contributed by atoms with Crippen molar-refractivity contribution in [1.82, 2.24) is 0 Å². The second kappa shape index (κ2) is 4.48. The molecule has 0 bridgehead atoms. The van der Waals surface area contributed by atoms with Crippen LogP contribution in [0.3, 0.4) is 0 Å². The zero-order valence-corrected chi connectivity index (χ0v) is 10.1. The summed E-state index contributed by atoms with van der Waals surface area (Å²) >= 11 is 0. The van der Waals surface area contributed by atoms with Gasteiger partial charge in [0.1, 0.15) is 7.05 Å². The fourth-order valence-electron chi connectivity index (χ4n) is 2.20. The highest BCUT2D eigenvalue weighted by Crippen LogP contribution is 2.25. The van der Waals surface area contributed by atoms with Crippen LogP contribution in [0.25, 0.3) is 11.1 Å². The molecular formula is C15H18N+. The minimum absolute atomic E-state index is 0.529. The second-order valence-electron chi connectivity index (χ2n) is 4.44. The Labute approximate surface area is 97.4 Å². The van der Waals surface area contributed by atoms with Crippen molar-refractivity contribution in [2.45, 2.75) is 19.8 Å². The Kier molecular flexibility index (Phi) is 3.04. The van der Waals surface area contributed by atoms with E-state index in [4.69, 9.17) is 0 Å². The third-order valence-electron chi connectivity index (χ3n) is 2.86. The monoisotopic (exact) mass is 212 g/mol. The van der Waals surface area contributed by atoms with Crippen LogP contribution in [0.2, 0.25) is 0 Å². The van der Waals surface area contributed by atoms with Crippen molar-refractivity contribution in [2.24, 2.45) is 7.05 Å². The summed E-state index contributed by atoms with van der Waals surface area (Å²) < 4.78 is 2.22. The van der Waals surface area contributed by atoms with Gasteiger partial charge in [-0.25, -0.2) is 4.57 Å². The number of nitrogens with zero attached hydrogens (tertiary/aromatic N) is 1. The van der Waals surface area contributed by atoms with Gasteiger partial charge in [-0.3, -0.25) is 0 Å². The summed E-state index contributed by atoms with van der Waals surface area (Å²) in [5.41, 5.74) is 4.01. The van der Waals surface area contributed by atoms with Crippen LogP contribution in [0.5, 0.6) is 0 Å². The van der Waals surface area contributed by atoms with Crippen molar-refractivity contribution >= 4 is 0 Å². The van der Waals surface area contributed by atoms with E-state index in [1.165, 1.54) is 16.8 Å².